The van der Waals surface area contributed by atoms with Gasteiger partial charge in [0.15, 0.2) is 0 Å². The summed E-state index contributed by atoms with van der Waals surface area (Å²) in [6.45, 7) is 1.83. The van der Waals surface area contributed by atoms with Gasteiger partial charge in [-0.25, -0.2) is 13.1 Å². The topological polar surface area (TPSA) is 46.2 Å². The van der Waals surface area contributed by atoms with Gasteiger partial charge >= 0.3 is 0 Å². The fourth-order valence-corrected chi connectivity index (χ4v) is 2.99. The molecule has 1 unspecified atom stereocenters. The lowest BCUT2D eigenvalue weighted by molar-refractivity contribution is 0.566. The molecule has 0 aromatic heterocycles. The van der Waals surface area contributed by atoms with E-state index < -0.39 is 10.0 Å². The van der Waals surface area contributed by atoms with Crippen molar-refractivity contribution < 1.29 is 8.42 Å². The van der Waals surface area contributed by atoms with Crippen LogP contribution in [-0.4, -0.2) is 20.1 Å². The van der Waals surface area contributed by atoms with E-state index in [9.17, 15) is 8.42 Å². The van der Waals surface area contributed by atoms with Crippen LogP contribution in [0.25, 0.3) is 0 Å². The van der Waals surface area contributed by atoms with Gasteiger partial charge in [0, 0.05) is 11.9 Å². The molecule has 3 nitrogen and oxygen atoms in total. The van der Waals surface area contributed by atoms with Crippen LogP contribution < -0.4 is 4.72 Å². The highest BCUT2D eigenvalue weighted by Gasteiger charge is 2.14. The van der Waals surface area contributed by atoms with Gasteiger partial charge in [-0.3, -0.25) is 0 Å². The van der Waals surface area contributed by atoms with Gasteiger partial charge in [-0.1, -0.05) is 30.3 Å². The summed E-state index contributed by atoms with van der Waals surface area (Å²) in [7, 11) is -3.23. The molecule has 1 aromatic rings. The highest BCUT2D eigenvalue weighted by Crippen LogP contribution is 2.12. The van der Waals surface area contributed by atoms with Crippen molar-refractivity contribution in [2.45, 2.75) is 19.4 Å². The van der Waals surface area contributed by atoms with Crippen LogP contribution in [-0.2, 0) is 10.0 Å². The minimum atomic E-state index is -3.23. The maximum Gasteiger partial charge on any atom is 0.212 e. The summed E-state index contributed by atoms with van der Waals surface area (Å²) in [5.41, 5.74) is 0.956. The molecule has 0 fully saturated rings. The van der Waals surface area contributed by atoms with Crippen molar-refractivity contribution in [3.63, 3.8) is 0 Å². The molecule has 0 heterocycles. The van der Waals surface area contributed by atoms with E-state index >= 15 is 0 Å². The van der Waals surface area contributed by atoms with E-state index in [0.29, 0.717) is 12.3 Å². The summed E-state index contributed by atoms with van der Waals surface area (Å²) in [5, 5.41) is 0. The summed E-state index contributed by atoms with van der Waals surface area (Å²) < 4.78 is 25.8. The van der Waals surface area contributed by atoms with Crippen LogP contribution in [0.15, 0.2) is 30.3 Å². The van der Waals surface area contributed by atoms with Gasteiger partial charge in [0.25, 0.3) is 0 Å². The fourth-order valence-electron chi connectivity index (χ4n) is 1.38. The molecule has 0 aliphatic rings. The Morgan fingerprint density at radius 2 is 1.94 bits per heavy atom. The van der Waals surface area contributed by atoms with Crippen LogP contribution >= 0.6 is 11.6 Å². The maximum atomic E-state index is 11.6. The van der Waals surface area contributed by atoms with E-state index in [1.165, 1.54) is 0 Å². The molecule has 0 radical (unpaired) electrons. The van der Waals surface area contributed by atoms with E-state index in [0.717, 1.165) is 5.56 Å². The average molecular weight is 262 g/mol. The lowest BCUT2D eigenvalue weighted by atomic mass is 10.1. The Kier molecular flexibility index (Phi) is 5.25. The molecule has 5 heteroatoms. The smallest absolute Gasteiger partial charge is 0.212 e. The van der Waals surface area contributed by atoms with Crippen LogP contribution in [0, 0.1) is 0 Å². The third-order valence-corrected chi connectivity index (χ3v) is 4.01. The SMILES string of the molecule is CC(NS(=O)(=O)CCCCl)c1ccccc1. The number of nitrogens with one attached hydrogen (secondary N) is 1. The maximum absolute atomic E-state index is 11.6. The van der Waals surface area contributed by atoms with Gasteiger partial charge in [-0.15, -0.1) is 11.6 Å². The second kappa shape index (κ2) is 6.23. The van der Waals surface area contributed by atoms with E-state index in [2.05, 4.69) is 4.72 Å². The molecule has 1 aromatic carbocycles. The fraction of sp³-hybridized carbons (Fsp3) is 0.455. The Morgan fingerprint density at radius 1 is 1.31 bits per heavy atom. The van der Waals surface area contributed by atoms with Gasteiger partial charge < -0.3 is 0 Å². The number of benzene rings is 1. The summed E-state index contributed by atoms with van der Waals surface area (Å²) in [6, 6.07) is 9.26. The zero-order chi connectivity index (χ0) is 12.0. The number of hydrogen-bond acceptors (Lipinski definition) is 2. The summed E-state index contributed by atoms with van der Waals surface area (Å²) in [4.78, 5) is 0. The molecule has 0 amide bonds. The molecule has 0 bridgehead atoms. The van der Waals surface area contributed by atoms with Gasteiger partial charge in [0.1, 0.15) is 0 Å². The van der Waals surface area contributed by atoms with Crippen LogP contribution in [0.5, 0.6) is 0 Å². The Bertz CT molecular complexity index is 405. The zero-order valence-electron chi connectivity index (χ0n) is 9.19. The van der Waals surface area contributed by atoms with Gasteiger partial charge in [-0.05, 0) is 18.9 Å². The van der Waals surface area contributed by atoms with Crippen LogP contribution in [0.1, 0.15) is 24.9 Å². The molecule has 0 aliphatic heterocycles. The summed E-state index contributed by atoms with van der Waals surface area (Å²) >= 11 is 5.47. The first kappa shape index (κ1) is 13.5. The first-order valence-electron chi connectivity index (χ1n) is 5.16. The lowest BCUT2D eigenvalue weighted by Crippen LogP contribution is -2.29. The third kappa shape index (κ3) is 4.51. The van der Waals surface area contributed by atoms with Crippen LogP contribution in [0.4, 0.5) is 0 Å². The number of halogens is 1. The van der Waals surface area contributed by atoms with E-state index in [-0.39, 0.29) is 11.8 Å². The third-order valence-electron chi connectivity index (χ3n) is 2.20. The van der Waals surface area contributed by atoms with Crippen molar-refractivity contribution in [3.8, 4) is 0 Å². The molecule has 0 aliphatic carbocycles. The van der Waals surface area contributed by atoms with Crippen LogP contribution in [0.3, 0.4) is 0 Å². The molecule has 1 rings (SSSR count). The predicted molar refractivity (Wildman–Crippen MR) is 67.1 cm³/mol. The van der Waals surface area contributed by atoms with E-state index in [1.807, 2.05) is 37.3 Å². The van der Waals surface area contributed by atoms with Gasteiger partial charge in [0.05, 0.1) is 5.75 Å². The first-order chi connectivity index (χ1) is 7.55. The first-order valence-corrected chi connectivity index (χ1v) is 7.35. The predicted octanol–water partition coefficient (Wildman–Crippen LogP) is 2.30. The normalized spacial score (nSPS) is 13.6. The van der Waals surface area contributed by atoms with Crippen LogP contribution in [0.2, 0.25) is 0 Å². The number of rotatable bonds is 6. The average Bonchev–Trinajstić information content (AvgIpc) is 2.27. The van der Waals surface area contributed by atoms with E-state index in [4.69, 9.17) is 11.6 Å². The minimum absolute atomic E-state index is 0.0771. The summed E-state index contributed by atoms with van der Waals surface area (Å²) in [6.07, 6.45) is 0.471. The number of alkyl halides is 1. The quantitative estimate of drug-likeness (QED) is 0.799. The van der Waals surface area contributed by atoms with Crippen molar-refractivity contribution in [3.05, 3.63) is 35.9 Å². The lowest BCUT2D eigenvalue weighted by Gasteiger charge is -2.14. The monoisotopic (exact) mass is 261 g/mol. The molecule has 1 N–H and O–H groups in total. The summed E-state index contributed by atoms with van der Waals surface area (Å²) in [5.74, 6) is 0.439. The highest BCUT2D eigenvalue weighted by molar-refractivity contribution is 7.89. The molecular weight excluding hydrogens is 246 g/mol. The Balaban J connectivity index is 2.61. The van der Waals surface area contributed by atoms with Crippen molar-refractivity contribution >= 4 is 21.6 Å². The Morgan fingerprint density at radius 3 is 2.50 bits per heavy atom. The Hall–Kier alpha value is -0.580. The van der Waals surface area contributed by atoms with E-state index in [1.54, 1.807) is 0 Å². The largest absolute Gasteiger partial charge is 0.212 e. The van der Waals surface area contributed by atoms with Crippen molar-refractivity contribution in [2.75, 3.05) is 11.6 Å². The standard InChI is InChI=1S/C11H16ClNO2S/c1-10(11-6-3-2-4-7-11)13-16(14,15)9-5-8-12/h2-4,6-7,10,13H,5,8-9H2,1H3. The minimum Gasteiger partial charge on any atom is -0.212 e. The molecule has 0 saturated carbocycles. The molecular formula is C11H16ClNO2S. The molecule has 0 spiro atoms. The van der Waals surface area contributed by atoms with Gasteiger partial charge in [-0.2, -0.15) is 0 Å². The van der Waals surface area contributed by atoms with Gasteiger partial charge in [0.2, 0.25) is 10.0 Å². The molecule has 16 heavy (non-hydrogen) atoms. The number of sulfonamides is 1. The second-order valence-electron chi connectivity index (χ2n) is 3.61. The Labute approximate surface area is 102 Å². The number of hydrogen-bond donors (Lipinski definition) is 1. The second-order valence-corrected chi connectivity index (χ2v) is 5.86. The molecule has 90 valence electrons. The molecule has 0 saturated heterocycles. The highest BCUT2D eigenvalue weighted by atomic mass is 35.5. The molecule has 1 atom stereocenters. The van der Waals surface area contributed by atoms with Crippen molar-refractivity contribution in [1.29, 1.82) is 0 Å². The van der Waals surface area contributed by atoms with Crippen molar-refractivity contribution in [2.24, 2.45) is 0 Å². The zero-order valence-corrected chi connectivity index (χ0v) is 10.8. The van der Waals surface area contributed by atoms with Crippen molar-refractivity contribution in [1.82, 2.24) is 4.72 Å².